The Labute approximate surface area is 185 Å². The van der Waals surface area contributed by atoms with Crippen molar-refractivity contribution in [3.8, 4) is 5.75 Å². The van der Waals surface area contributed by atoms with Gasteiger partial charge in [-0.25, -0.2) is 10.1 Å². The molecule has 1 N–H and O–H groups in total. The quantitative estimate of drug-likeness (QED) is 0.372. The molecule has 0 aliphatic heterocycles. The van der Waals surface area contributed by atoms with Gasteiger partial charge < -0.3 is 4.74 Å². The molecule has 6 nitrogen and oxygen atoms in total. The maximum atomic E-state index is 5.92. The summed E-state index contributed by atoms with van der Waals surface area (Å²) in [6, 6.07) is 28.5. The van der Waals surface area contributed by atoms with Gasteiger partial charge in [0.15, 0.2) is 5.82 Å². The van der Waals surface area contributed by atoms with Gasteiger partial charge in [-0.2, -0.15) is 0 Å². The number of aromatic amines is 1. The molecule has 156 valence electrons. The van der Waals surface area contributed by atoms with Crippen LogP contribution in [0.15, 0.2) is 84.9 Å². The van der Waals surface area contributed by atoms with Crippen molar-refractivity contribution in [2.45, 2.75) is 13.0 Å². The lowest BCUT2D eigenvalue weighted by Crippen LogP contribution is -1.98. The smallest absolute Gasteiger partial charge is 0.152 e. The van der Waals surface area contributed by atoms with Crippen molar-refractivity contribution in [1.29, 1.82) is 0 Å². The van der Waals surface area contributed by atoms with Crippen molar-refractivity contribution in [2.75, 3.05) is 0 Å². The number of rotatable bonds is 7. The second-order valence-corrected chi connectivity index (χ2v) is 7.46. The molecule has 0 saturated heterocycles. The Morgan fingerprint density at radius 3 is 2.56 bits per heavy atom. The van der Waals surface area contributed by atoms with Gasteiger partial charge in [-0.3, -0.25) is 0 Å². The monoisotopic (exact) mass is 419 g/mol. The minimum absolute atomic E-state index is 0.438. The van der Waals surface area contributed by atoms with E-state index in [1.165, 1.54) is 0 Å². The van der Waals surface area contributed by atoms with Crippen LogP contribution < -0.4 is 4.74 Å². The van der Waals surface area contributed by atoms with Gasteiger partial charge in [0.1, 0.15) is 12.4 Å². The van der Waals surface area contributed by atoms with Gasteiger partial charge >= 0.3 is 0 Å². The molecule has 0 bridgehead atoms. The van der Waals surface area contributed by atoms with Gasteiger partial charge in [-0.15, -0.1) is 5.10 Å². The number of nitrogens with one attached hydrogen (secondary N) is 1. The molecule has 0 radical (unpaired) electrons. The normalized spacial score (nSPS) is 11.2. The van der Waals surface area contributed by atoms with E-state index in [0.29, 0.717) is 13.0 Å². The summed E-state index contributed by atoms with van der Waals surface area (Å²) in [5.74, 6) is 1.57. The van der Waals surface area contributed by atoms with E-state index in [4.69, 9.17) is 4.74 Å². The zero-order chi connectivity index (χ0) is 21.6. The lowest BCUT2D eigenvalue weighted by atomic mass is 10.1. The Morgan fingerprint density at radius 1 is 0.812 bits per heavy atom. The fraction of sp³-hybridized carbons (Fsp3) is 0.0769. The third kappa shape index (κ3) is 4.87. The van der Waals surface area contributed by atoms with Crippen LogP contribution in [0.25, 0.3) is 23.1 Å². The van der Waals surface area contributed by atoms with Gasteiger partial charge in [0.25, 0.3) is 0 Å². The second-order valence-electron chi connectivity index (χ2n) is 7.46. The zero-order valence-corrected chi connectivity index (χ0v) is 17.3. The van der Waals surface area contributed by atoms with Crippen LogP contribution in [0.4, 0.5) is 0 Å². The highest BCUT2D eigenvalue weighted by molar-refractivity contribution is 5.78. The molecule has 0 unspecified atom stereocenters. The highest BCUT2D eigenvalue weighted by atomic mass is 16.5. The van der Waals surface area contributed by atoms with Gasteiger partial charge in [-0.1, -0.05) is 72.8 Å². The standard InChI is InChI=1S/C26H21N5O/c1-2-7-25-22(6-1)12-13-23(27-25)18-32-24-14-10-19(11-15-24)8-9-20-4-3-5-21(16-20)17-26-28-30-31-29-26/h1-16H,17-18H2,(H,28,29,30,31)/b9-8+. The maximum Gasteiger partial charge on any atom is 0.152 e. The first-order valence-electron chi connectivity index (χ1n) is 10.4. The minimum atomic E-state index is 0.438. The molecule has 2 aromatic heterocycles. The van der Waals surface area contributed by atoms with Crippen LogP contribution in [0.2, 0.25) is 0 Å². The Kier molecular flexibility index (Phi) is 5.66. The van der Waals surface area contributed by atoms with E-state index in [9.17, 15) is 0 Å². The van der Waals surface area contributed by atoms with Gasteiger partial charge in [0, 0.05) is 11.8 Å². The predicted molar refractivity (Wildman–Crippen MR) is 125 cm³/mol. The Morgan fingerprint density at radius 2 is 1.69 bits per heavy atom. The molecule has 0 fully saturated rings. The fourth-order valence-corrected chi connectivity index (χ4v) is 3.47. The zero-order valence-electron chi connectivity index (χ0n) is 17.3. The van der Waals surface area contributed by atoms with Gasteiger partial charge in [0.05, 0.1) is 11.2 Å². The van der Waals surface area contributed by atoms with E-state index < -0.39 is 0 Å². The number of aromatic nitrogens is 5. The van der Waals surface area contributed by atoms with Crippen LogP contribution in [0.3, 0.4) is 0 Å². The molecule has 3 aromatic carbocycles. The van der Waals surface area contributed by atoms with E-state index in [-0.39, 0.29) is 0 Å². The second kappa shape index (κ2) is 9.22. The summed E-state index contributed by atoms with van der Waals surface area (Å²) in [7, 11) is 0. The first kappa shape index (κ1) is 19.6. The average molecular weight is 419 g/mol. The van der Waals surface area contributed by atoms with E-state index in [1.807, 2.05) is 54.6 Å². The summed E-state index contributed by atoms with van der Waals surface area (Å²) < 4.78 is 5.92. The summed E-state index contributed by atoms with van der Waals surface area (Å²) in [6.45, 7) is 0.438. The molecule has 0 atom stereocenters. The summed E-state index contributed by atoms with van der Waals surface area (Å²) in [5.41, 5.74) is 5.27. The number of H-pyrrole nitrogens is 1. The first-order valence-corrected chi connectivity index (χ1v) is 10.4. The van der Waals surface area contributed by atoms with Gasteiger partial charge in [0.2, 0.25) is 0 Å². The van der Waals surface area contributed by atoms with Crippen LogP contribution in [0.1, 0.15) is 28.2 Å². The van der Waals surface area contributed by atoms with Crippen LogP contribution in [-0.2, 0) is 13.0 Å². The molecule has 0 spiro atoms. The van der Waals surface area contributed by atoms with Crippen molar-refractivity contribution >= 4 is 23.1 Å². The SMILES string of the molecule is C(=C\c1cccc(Cc2nnn[nH]2)c1)/c1ccc(OCc2ccc3ccccc3n2)cc1. The van der Waals surface area contributed by atoms with Crippen LogP contribution in [0.5, 0.6) is 5.75 Å². The number of benzene rings is 3. The highest BCUT2D eigenvalue weighted by Gasteiger charge is 2.02. The summed E-state index contributed by atoms with van der Waals surface area (Å²) >= 11 is 0. The van der Waals surface area contributed by atoms with Crippen molar-refractivity contribution < 1.29 is 4.74 Å². The van der Waals surface area contributed by atoms with Crippen LogP contribution >= 0.6 is 0 Å². The lowest BCUT2D eigenvalue weighted by Gasteiger charge is -2.07. The van der Waals surface area contributed by atoms with Crippen molar-refractivity contribution in [1.82, 2.24) is 25.6 Å². The van der Waals surface area contributed by atoms with Crippen molar-refractivity contribution in [3.05, 3.63) is 113 Å². The lowest BCUT2D eigenvalue weighted by molar-refractivity contribution is 0.302. The third-order valence-electron chi connectivity index (χ3n) is 5.10. The molecular weight excluding hydrogens is 398 g/mol. The van der Waals surface area contributed by atoms with Crippen molar-refractivity contribution in [2.24, 2.45) is 0 Å². The molecule has 32 heavy (non-hydrogen) atoms. The minimum Gasteiger partial charge on any atom is -0.487 e. The summed E-state index contributed by atoms with van der Waals surface area (Å²) in [4.78, 5) is 4.65. The van der Waals surface area contributed by atoms with Gasteiger partial charge in [-0.05, 0) is 51.4 Å². The summed E-state index contributed by atoms with van der Waals surface area (Å²) in [5, 5.41) is 15.1. The number of nitrogens with zero attached hydrogens (tertiary/aromatic N) is 4. The molecule has 6 heteroatoms. The topological polar surface area (TPSA) is 76.6 Å². The van der Waals surface area contributed by atoms with Crippen LogP contribution in [0, 0.1) is 0 Å². The van der Waals surface area contributed by atoms with E-state index >= 15 is 0 Å². The molecule has 0 aliphatic rings. The maximum absolute atomic E-state index is 5.92. The average Bonchev–Trinajstić information content (AvgIpc) is 3.35. The highest BCUT2D eigenvalue weighted by Crippen LogP contribution is 2.18. The molecule has 0 amide bonds. The summed E-state index contributed by atoms with van der Waals surface area (Å²) in [6.07, 6.45) is 4.85. The number of fused-ring (bicyclic) bond motifs is 1. The van der Waals surface area contributed by atoms with E-state index in [1.54, 1.807) is 0 Å². The molecule has 5 rings (SSSR count). The number of hydrogen-bond donors (Lipinski definition) is 1. The third-order valence-corrected chi connectivity index (χ3v) is 5.10. The predicted octanol–water partition coefficient (Wildman–Crippen LogP) is 5.09. The number of ether oxygens (including phenoxy) is 1. The van der Waals surface area contributed by atoms with Crippen molar-refractivity contribution in [3.63, 3.8) is 0 Å². The molecule has 0 saturated carbocycles. The fourth-order valence-electron chi connectivity index (χ4n) is 3.47. The molecular formula is C26H21N5O. The van der Waals surface area contributed by atoms with E-state index in [0.717, 1.165) is 44.9 Å². The van der Waals surface area contributed by atoms with Crippen LogP contribution in [-0.4, -0.2) is 25.6 Å². The number of pyridine rings is 1. The number of para-hydroxylation sites is 1. The Hall–Kier alpha value is -4.32. The first-order chi connectivity index (χ1) is 15.8. The molecule has 5 aromatic rings. The van der Waals surface area contributed by atoms with E-state index in [2.05, 4.69) is 68.1 Å². The molecule has 2 heterocycles. The molecule has 0 aliphatic carbocycles. The Balaban J connectivity index is 1.20. The Bertz CT molecular complexity index is 1340. The number of tetrazole rings is 1. The largest absolute Gasteiger partial charge is 0.487 e. The number of hydrogen-bond acceptors (Lipinski definition) is 5.